The molecule has 2 rings (SSSR count). The van der Waals surface area contributed by atoms with Gasteiger partial charge in [-0.25, -0.2) is 4.79 Å². The van der Waals surface area contributed by atoms with Crippen LogP contribution in [0.4, 0.5) is 0 Å². The zero-order valence-electron chi connectivity index (χ0n) is 8.11. The number of carbonyl (C=O) groups is 1. The highest BCUT2D eigenvalue weighted by atomic mass is 16.4. The first-order valence-corrected chi connectivity index (χ1v) is 4.41. The molecule has 0 saturated carbocycles. The van der Waals surface area contributed by atoms with Gasteiger partial charge in [-0.15, -0.1) is 0 Å². The quantitative estimate of drug-likeness (QED) is 0.747. The predicted molar refractivity (Wildman–Crippen MR) is 53.8 cm³/mol. The normalized spacial score (nSPS) is 10.7. The first-order valence-electron chi connectivity index (χ1n) is 4.41. The molecule has 0 fully saturated rings. The summed E-state index contributed by atoms with van der Waals surface area (Å²) in [5.41, 5.74) is 3.26. The van der Waals surface area contributed by atoms with Crippen LogP contribution in [0.5, 0.6) is 0 Å². The largest absolute Gasteiger partial charge is 0.478 e. The van der Waals surface area contributed by atoms with Gasteiger partial charge in [0.1, 0.15) is 0 Å². The Morgan fingerprint density at radius 1 is 1.29 bits per heavy atom. The zero-order valence-corrected chi connectivity index (χ0v) is 8.11. The lowest BCUT2D eigenvalue weighted by atomic mass is 10.2. The van der Waals surface area contributed by atoms with Gasteiger partial charge in [-0.2, -0.15) is 0 Å². The number of hydrogen-bond donors (Lipinski definition) is 1. The highest BCUT2D eigenvalue weighted by Crippen LogP contribution is 2.18. The second-order valence-corrected chi connectivity index (χ2v) is 3.47. The molecule has 0 aliphatic carbocycles. The van der Waals surface area contributed by atoms with Gasteiger partial charge in [0.2, 0.25) is 0 Å². The maximum absolute atomic E-state index is 10.9. The van der Waals surface area contributed by atoms with Gasteiger partial charge < -0.3 is 9.51 Å². The maximum atomic E-state index is 10.9. The van der Waals surface area contributed by atoms with Gasteiger partial charge in [-0.1, -0.05) is 6.07 Å². The Morgan fingerprint density at radius 2 is 2.00 bits per heavy atom. The summed E-state index contributed by atoms with van der Waals surface area (Å²) >= 11 is 0. The fourth-order valence-electron chi connectivity index (χ4n) is 1.64. The number of pyridine rings is 1. The van der Waals surface area contributed by atoms with E-state index in [1.54, 1.807) is 6.20 Å². The number of rotatable bonds is 1. The SMILES string of the molecule is Cc1ccc2c(C)c(C(=O)O)cn2c1. The molecule has 0 amide bonds. The summed E-state index contributed by atoms with van der Waals surface area (Å²) in [6.45, 7) is 3.81. The third-order valence-electron chi connectivity index (χ3n) is 2.41. The van der Waals surface area contributed by atoms with Crippen molar-refractivity contribution < 1.29 is 9.90 Å². The lowest BCUT2D eigenvalue weighted by Gasteiger charge is -1.96. The Hall–Kier alpha value is -1.77. The average molecular weight is 189 g/mol. The Labute approximate surface area is 81.6 Å². The van der Waals surface area contributed by atoms with Crippen molar-refractivity contribution in [1.82, 2.24) is 4.40 Å². The van der Waals surface area contributed by atoms with Gasteiger partial charge in [-0.3, -0.25) is 0 Å². The van der Waals surface area contributed by atoms with E-state index >= 15 is 0 Å². The number of fused-ring (bicyclic) bond motifs is 1. The van der Waals surface area contributed by atoms with Crippen LogP contribution in [0.2, 0.25) is 0 Å². The topological polar surface area (TPSA) is 41.7 Å². The highest BCUT2D eigenvalue weighted by molar-refractivity contribution is 5.92. The number of hydrogen-bond acceptors (Lipinski definition) is 1. The summed E-state index contributed by atoms with van der Waals surface area (Å²) in [5.74, 6) is -0.871. The van der Waals surface area contributed by atoms with Crippen LogP contribution in [0.3, 0.4) is 0 Å². The summed E-state index contributed by atoms with van der Waals surface area (Å²) in [5, 5.41) is 8.92. The Kier molecular flexibility index (Phi) is 1.81. The van der Waals surface area contributed by atoms with Crippen LogP contribution < -0.4 is 0 Å². The van der Waals surface area contributed by atoms with E-state index in [4.69, 9.17) is 5.11 Å². The van der Waals surface area contributed by atoms with Gasteiger partial charge in [-0.05, 0) is 31.0 Å². The van der Waals surface area contributed by atoms with Crippen LogP contribution in [0, 0.1) is 13.8 Å². The van der Waals surface area contributed by atoms with Crippen LogP contribution in [0.15, 0.2) is 24.5 Å². The fraction of sp³-hybridized carbons (Fsp3) is 0.182. The summed E-state index contributed by atoms with van der Waals surface area (Å²) in [7, 11) is 0. The van der Waals surface area contributed by atoms with Gasteiger partial charge in [0.05, 0.1) is 5.56 Å². The predicted octanol–water partition coefficient (Wildman–Crippen LogP) is 2.25. The van der Waals surface area contributed by atoms with E-state index < -0.39 is 5.97 Å². The molecule has 3 heteroatoms. The Balaban J connectivity index is 2.79. The van der Waals surface area contributed by atoms with Crippen molar-refractivity contribution in [3.05, 3.63) is 41.2 Å². The standard InChI is InChI=1S/C11H11NO2/c1-7-3-4-10-8(2)9(11(13)14)6-12(10)5-7/h3-6H,1-2H3,(H,13,14). The van der Waals surface area contributed by atoms with E-state index in [9.17, 15) is 4.79 Å². The Bertz CT molecular complexity index is 511. The van der Waals surface area contributed by atoms with Crippen molar-refractivity contribution in [1.29, 1.82) is 0 Å². The van der Waals surface area contributed by atoms with E-state index in [-0.39, 0.29) is 0 Å². The van der Waals surface area contributed by atoms with E-state index in [0.717, 1.165) is 16.6 Å². The summed E-state index contributed by atoms with van der Waals surface area (Å²) in [6.07, 6.45) is 3.58. The molecule has 0 radical (unpaired) electrons. The molecule has 2 aromatic rings. The van der Waals surface area contributed by atoms with Gasteiger partial charge >= 0.3 is 5.97 Å². The molecule has 1 N–H and O–H groups in total. The highest BCUT2D eigenvalue weighted by Gasteiger charge is 2.11. The zero-order chi connectivity index (χ0) is 10.3. The fourth-order valence-corrected chi connectivity index (χ4v) is 1.64. The molecule has 3 nitrogen and oxygen atoms in total. The molecular weight excluding hydrogens is 178 g/mol. The number of carboxylic acid groups (broad SMARTS) is 1. The van der Waals surface area contributed by atoms with Gasteiger partial charge in [0, 0.05) is 17.9 Å². The third-order valence-corrected chi connectivity index (χ3v) is 2.41. The van der Waals surface area contributed by atoms with Crippen molar-refractivity contribution in [3.8, 4) is 0 Å². The van der Waals surface area contributed by atoms with Crippen molar-refractivity contribution in [2.24, 2.45) is 0 Å². The first-order chi connectivity index (χ1) is 6.59. The molecule has 0 aliphatic heterocycles. The second-order valence-electron chi connectivity index (χ2n) is 3.47. The number of aryl methyl sites for hydroxylation is 2. The number of carboxylic acids is 1. The van der Waals surface area contributed by atoms with E-state index in [1.807, 2.05) is 36.6 Å². The van der Waals surface area contributed by atoms with Crippen LogP contribution in [0.1, 0.15) is 21.5 Å². The molecule has 2 aromatic heterocycles. The summed E-state index contributed by atoms with van der Waals surface area (Å²) in [6, 6.07) is 3.92. The molecule has 0 unspecified atom stereocenters. The van der Waals surface area contributed by atoms with E-state index in [2.05, 4.69) is 0 Å². The van der Waals surface area contributed by atoms with E-state index in [0.29, 0.717) is 5.56 Å². The molecule has 0 saturated heterocycles. The van der Waals surface area contributed by atoms with Crippen LogP contribution in [-0.2, 0) is 0 Å². The Morgan fingerprint density at radius 3 is 2.64 bits per heavy atom. The smallest absolute Gasteiger partial charge is 0.337 e. The number of nitrogens with zero attached hydrogens (tertiary/aromatic N) is 1. The van der Waals surface area contributed by atoms with Crippen molar-refractivity contribution in [2.75, 3.05) is 0 Å². The summed E-state index contributed by atoms with van der Waals surface area (Å²) < 4.78 is 1.86. The monoisotopic (exact) mass is 189 g/mol. The van der Waals surface area contributed by atoms with Gasteiger partial charge in [0.15, 0.2) is 0 Å². The third kappa shape index (κ3) is 1.18. The molecule has 72 valence electrons. The lowest BCUT2D eigenvalue weighted by molar-refractivity contribution is 0.0696. The molecule has 14 heavy (non-hydrogen) atoms. The number of aromatic carboxylic acids is 1. The minimum Gasteiger partial charge on any atom is -0.478 e. The van der Waals surface area contributed by atoms with Crippen molar-refractivity contribution >= 4 is 11.5 Å². The molecule has 0 atom stereocenters. The summed E-state index contributed by atoms with van der Waals surface area (Å²) in [4.78, 5) is 10.9. The van der Waals surface area contributed by atoms with Gasteiger partial charge in [0.25, 0.3) is 0 Å². The maximum Gasteiger partial charge on any atom is 0.337 e. The molecule has 2 heterocycles. The average Bonchev–Trinajstić information content (AvgIpc) is 2.43. The molecule has 0 aliphatic rings. The molecule has 0 bridgehead atoms. The molecular formula is C11H11NO2. The minimum absolute atomic E-state index is 0.371. The second kappa shape index (κ2) is 2.87. The van der Waals surface area contributed by atoms with Crippen LogP contribution in [0.25, 0.3) is 5.52 Å². The lowest BCUT2D eigenvalue weighted by Crippen LogP contribution is -1.95. The number of aromatic nitrogens is 1. The molecule has 0 spiro atoms. The first kappa shape index (κ1) is 8.81. The molecule has 0 aromatic carbocycles. The van der Waals surface area contributed by atoms with Crippen molar-refractivity contribution in [3.63, 3.8) is 0 Å². The van der Waals surface area contributed by atoms with E-state index in [1.165, 1.54) is 0 Å². The van der Waals surface area contributed by atoms with Crippen LogP contribution in [-0.4, -0.2) is 15.5 Å². The minimum atomic E-state index is -0.871. The van der Waals surface area contributed by atoms with Crippen LogP contribution >= 0.6 is 0 Å². The van der Waals surface area contributed by atoms with Crippen molar-refractivity contribution in [2.45, 2.75) is 13.8 Å².